The van der Waals surface area contributed by atoms with Crippen LogP contribution in [0.5, 0.6) is 0 Å². The van der Waals surface area contributed by atoms with Gasteiger partial charge in [-0.25, -0.2) is 0 Å². The quantitative estimate of drug-likeness (QED) is 0.432. The Balaban J connectivity index is 3.68. The van der Waals surface area contributed by atoms with Crippen LogP contribution >= 0.6 is 0 Å². The van der Waals surface area contributed by atoms with E-state index in [0.29, 0.717) is 5.92 Å². The lowest BCUT2D eigenvalue weighted by Crippen LogP contribution is -2.08. The molecule has 9 heavy (non-hydrogen) atoms. The average Bonchev–Trinajstić information content (AvgIpc) is 1.82. The molecule has 0 spiro atoms. The molecular weight excluding hydrogens is 114 g/mol. The smallest absolute Gasteiger partial charge is 0.0390 e. The van der Waals surface area contributed by atoms with E-state index in [2.05, 4.69) is 17.2 Å². The van der Waals surface area contributed by atoms with Crippen LogP contribution in [0.25, 0.3) is 0 Å². The molecule has 52 valence electrons. The molecule has 0 aromatic carbocycles. The Labute approximate surface area is 55.6 Å². The van der Waals surface area contributed by atoms with Gasteiger partial charge in [-0.3, -0.25) is 5.43 Å². The second kappa shape index (κ2) is 3.95. The molecule has 0 rings (SSSR count). The van der Waals surface area contributed by atoms with Gasteiger partial charge in [0.15, 0.2) is 0 Å². The second-order valence-electron chi connectivity index (χ2n) is 2.09. The van der Waals surface area contributed by atoms with Crippen LogP contribution in [0.1, 0.15) is 13.8 Å². The van der Waals surface area contributed by atoms with Gasteiger partial charge in [0, 0.05) is 18.6 Å². The molecule has 0 saturated carbocycles. The first-order valence-corrected chi connectivity index (χ1v) is 2.85. The van der Waals surface area contributed by atoms with E-state index >= 15 is 0 Å². The largest absolute Gasteiger partial charge is 0.401 e. The highest BCUT2D eigenvalue weighted by molar-refractivity contribution is 5.22. The zero-order chi connectivity index (χ0) is 7.28. The lowest BCUT2D eigenvalue weighted by Gasteiger charge is -2.02. The number of nitrogens with two attached hydrogens (primary N) is 1. The first kappa shape index (κ1) is 8.01. The molecule has 0 unspecified atom stereocenters. The van der Waals surface area contributed by atoms with Crippen LogP contribution in [0, 0.1) is 5.92 Å². The SMILES string of the molecule is C=NN/C=C(\N)C(C)C. The number of nitrogens with zero attached hydrogens (tertiary/aromatic N) is 1. The maximum atomic E-state index is 5.51. The zero-order valence-electron chi connectivity index (χ0n) is 5.89. The van der Waals surface area contributed by atoms with Gasteiger partial charge in [-0.05, 0) is 5.92 Å². The standard InChI is InChI=1S/C6H13N3/c1-5(2)6(7)4-9-8-3/h4-5,9H,3,7H2,1-2H3/b6-4-. The molecule has 0 radical (unpaired) electrons. The van der Waals surface area contributed by atoms with Crippen LogP contribution in [-0.4, -0.2) is 6.72 Å². The Kier molecular flexibility index (Phi) is 3.51. The van der Waals surface area contributed by atoms with Gasteiger partial charge < -0.3 is 5.73 Å². The Morgan fingerprint density at radius 1 is 1.78 bits per heavy atom. The third-order valence-electron chi connectivity index (χ3n) is 0.989. The van der Waals surface area contributed by atoms with Gasteiger partial charge in [-0.15, -0.1) is 0 Å². The molecule has 3 nitrogen and oxygen atoms in total. The molecule has 3 heteroatoms. The van der Waals surface area contributed by atoms with Crippen LogP contribution in [0.4, 0.5) is 0 Å². The summed E-state index contributed by atoms with van der Waals surface area (Å²) in [5, 5.41) is 3.40. The van der Waals surface area contributed by atoms with Crippen molar-refractivity contribution in [2.24, 2.45) is 16.8 Å². The lowest BCUT2D eigenvalue weighted by atomic mass is 10.2. The average molecular weight is 127 g/mol. The first-order valence-electron chi connectivity index (χ1n) is 2.85. The van der Waals surface area contributed by atoms with E-state index in [0.717, 1.165) is 5.70 Å². The normalized spacial score (nSPS) is 11.7. The fourth-order valence-electron chi connectivity index (χ4n) is 0.287. The summed E-state index contributed by atoms with van der Waals surface area (Å²) < 4.78 is 0. The van der Waals surface area contributed by atoms with Crippen molar-refractivity contribution >= 4 is 6.72 Å². The summed E-state index contributed by atoms with van der Waals surface area (Å²) in [5.74, 6) is 0.360. The molecule has 3 N–H and O–H groups in total. The summed E-state index contributed by atoms with van der Waals surface area (Å²) >= 11 is 0. The summed E-state index contributed by atoms with van der Waals surface area (Å²) in [6.07, 6.45) is 1.64. The topological polar surface area (TPSA) is 50.4 Å². The molecular formula is C6H13N3. The predicted octanol–water partition coefficient (Wildman–Crippen LogP) is 0.648. The molecule has 0 aliphatic heterocycles. The van der Waals surface area contributed by atoms with Gasteiger partial charge in [0.2, 0.25) is 0 Å². The molecule has 0 bridgehead atoms. The number of rotatable bonds is 3. The molecule has 0 fully saturated rings. The van der Waals surface area contributed by atoms with E-state index in [9.17, 15) is 0 Å². The van der Waals surface area contributed by atoms with E-state index in [4.69, 9.17) is 5.73 Å². The Morgan fingerprint density at radius 3 is 2.67 bits per heavy atom. The number of allylic oxidation sites excluding steroid dienone is 1. The van der Waals surface area contributed by atoms with E-state index in [-0.39, 0.29) is 0 Å². The van der Waals surface area contributed by atoms with Crippen molar-refractivity contribution in [3.63, 3.8) is 0 Å². The highest BCUT2D eigenvalue weighted by Gasteiger charge is 1.93. The molecule has 0 aliphatic carbocycles. The van der Waals surface area contributed by atoms with Crippen LogP contribution in [0.2, 0.25) is 0 Å². The van der Waals surface area contributed by atoms with Gasteiger partial charge in [0.1, 0.15) is 0 Å². The van der Waals surface area contributed by atoms with Crippen molar-refractivity contribution < 1.29 is 0 Å². The van der Waals surface area contributed by atoms with Crippen LogP contribution in [-0.2, 0) is 0 Å². The van der Waals surface area contributed by atoms with Crippen LogP contribution in [0.3, 0.4) is 0 Å². The summed E-state index contributed by atoms with van der Waals surface area (Å²) in [6, 6.07) is 0. The molecule has 0 aromatic rings. The van der Waals surface area contributed by atoms with Gasteiger partial charge in [0.05, 0.1) is 0 Å². The van der Waals surface area contributed by atoms with Crippen molar-refractivity contribution in [1.82, 2.24) is 5.43 Å². The summed E-state index contributed by atoms with van der Waals surface area (Å²) in [7, 11) is 0. The number of hydrogen-bond donors (Lipinski definition) is 2. The Hall–Kier alpha value is -0.990. The Morgan fingerprint density at radius 2 is 2.33 bits per heavy atom. The molecule has 0 amide bonds. The third kappa shape index (κ3) is 3.58. The van der Waals surface area contributed by atoms with Gasteiger partial charge >= 0.3 is 0 Å². The van der Waals surface area contributed by atoms with Crippen molar-refractivity contribution in [3.8, 4) is 0 Å². The second-order valence-corrected chi connectivity index (χ2v) is 2.09. The summed E-state index contributed by atoms with van der Waals surface area (Å²) in [5.41, 5.74) is 8.85. The highest BCUT2D eigenvalue weighted by atomic mass is 15.3. The van der Waals surface area contributed by atoms with E-state index < -0.39 is 0 Å². The number of hydrazone groups is 1. The maximum absolute atomic E-state index is 5.51. The monoisotopic (exact) mass is 127 g/mol. The van der Waals surface area contributed by atoms with Crippen molar-refractivity contribution in [2.75, 3.05) is 0 Å². The molecule has 0 saturated heterocycles. The minimum Gasteiger partial charge on any atom is -0.401 e. The molecule has 0 heterocycles. The van der Waals surface area contributed by atoms with E-state index in [1.807, 2.05) is 13.8 Å². The maximum Gasteiger partial charge on any atom is 0.0390 e. The summed E-state index contributed by atoms with van der Waals surface area (Å²) in [4.78, 5) is 0. The molecule has 0 aromatic heterocycles. The highest BCUT2D eigenvalue weighted by Crippen LogP contribution is 1.98. The van der Waals surface area contributed by atoms with E-state index in [1.165, 1.54) is 0 Å². The lowest BCUT2D eigenvalue weighted by molar-refractivity contribution is 0.740. The molecule has 0 aliphatic rings. The number of hydrogen-bond acceptors (Lipinski definition) is 3. The fourth-order valence-corrected chi connectivity index (χ4v) is 0.287. The fraction of sp³-hybridized carbons (Fsp3) is 0.500. The molecule has 0 atom stereocenters. The number of nitrogens with one attached hydrogen (secondary N) is 1. The van der Waals surface area contributed by atoms with Gasteiger partial charge in [0.25, 0.3) is 0 Å². The minimum atomic E-state index is 0.360. The van der Waals surface area contributed by atoms with Crippen molar-refractivity contribution in [1.29, 1.82) is 0 Å². The first-order chi connectivity index (χ1) is 4.18. The van der Waals surface area contributed by atoms with Crippen LogP contribution in [0.15, 0.2) is 17.0 Å². The Bertz CT molecular complexity index is 115. The van der Waals surface area contributed by atoms with Gasteiger partial charge in [-0.1, -0.05) is 13.8 Å². The third-order valence-corrected chi connectivity index (χ3v) is 0.989. The predicted molar refractivity (Wildman–Crippen MR) is 39.8 cm³/mol. The van der Waals surface area contributed by atoms with Crippen molar-refractivity contribution in [2.45, 2.75) is 13.8 Å². The minimum absolute atomic E-state index is 0.360. The van der Waals surface area contributed by atoms with E-state index in [1.54, 1.807) is 6.20 Å². The van der Waals surface area contributed by atoms with Crippen molar-refractivity contribution in [3.05, 3.63) is 11.9 Å². The zero-order valence-corrected chi connectivity index (χ0v) is 5.89. The van der Waals surface area contributed by atoms with Crippen LogP contribution < -0.4 is 11.2 Å². The van der Waals surface area contributed by atoms with Gasteiger partial charge in [-0.2, -0.15) is 5.10 Å². The summed E-state index contributed by atoms with van der Waals surface area (Å²) in [6.45, 7) is 7.25.